The first-order chi connectivity index (χ1) is 14.0. The smallest absolute Gasteiger partial charge is 0.274 e. The lowest BCUT2D eigenvalue weighted by Gasteiger charge is -2.07. The van der Waals surface area contributed by atoms with Crippen molar-refractivity contribution in [2.75, 3.05) is 10.6 Å². The molecular weight excluding hydrogens is 436 g/mol. The van der Waals surface area contributed by atoms with Crippen LogP contribution >= 0.6 is 15.9 Å². The highest BCUT2D eigenvalue weighted by Gasteiger charge is 2.08. The zero-order valence-electron chi connectivity index (χ0n) is 15.4. The van der Waals surface area contributed by atoms with E-state index >= 15 is 0 Å². The van der Waals surface area contributed by atoms with Crippen LogP contribution in [0.1, 0.15) is 21.6 Å². The van der Waals surface area contributed by atoms with Crippen LogP contribution in [0, 0.1) is 6.92 Å². The Labute approximate surface area is 174 Å². The van der Waals surface area contributed by atoms with Gasteiger partial charge in [-0.3, -0.25) is 14.7 Å². The molecule has 1 amide bonds. The number of aromatic nitrogens is 4. The summed E-state index contributed by atoms with van der Waals surface area (Å²) >= 11 is 3.37. The zero-order valence-corrected chi connectivity index (χ0v) is 17.0. The summed E-state index contributed by atoms with van der Waals surface area (Å²) in [6.45, 7) is 2.22. The average Bonchev–Trinajstić information content (AvgIpc) is 3.12. The number of hydrogen-bond acceptors (Lipinski definition) is 5. The molecule has 146 valence electrons. The molecule has 0 saturated heterocycles. The maximum atomic E-state index is 12.4. The quantitative estimate of drug-likeness (QED) is 0.430. The molecule has 3 N–H and O–H groups in total. The number of halogens is 1. The van der Waals surface area contributed by atoms with Crippen molar-refractivity contribution in [1.29, 1.82) is 0 Å². The molecular formula is C20H17BrN6O2. The van der Waals surface area contributed by atoms with Crippen LogP contribution in [0.2, 0.25) is 0 Å². The Morgan fingerprint density at radius 1 is 1.10 bits per heavy atom. The standard InChI is InChI=1S/C20H17BrN6O2/c1-12-10-17(28)27-20(23-12)25-19(26-27)22-11-13-2-4-14(5-3-13)18(29)24-16-8-6-15(21)7-9-16/h2-10H,11H2,1H3,(H,24,29)(H2,22,23,25,26). The van der Waals surface area contributed by atoms with Crippen LogP contribution in [0.25, 0.3) is 5.78 Å². The van der Waals surface area contributed by atoms with E-state index < -0.39 is 0 Å². The predicted octanol–water partition coefficient (Wildman–Crippen LogP) is 3.35. The lowest BCUT2D eigenvalue weighted by atomic mass is 10.1. The molecule has 0 aliphatic carbocycles. The molecule has 0 saturated carbocycles. The van der Waals surface area contributed by atoms with Crippen LogP contribution in [0.4, 0.5) is 11.6 Å². The average molecular weight is 453 g/mol. The Bertz CT molecular complexity index is 1230. The van der Waals surface area contributed by atoms with E-state index in [1.807, 2.05) is 36.4 Å². The molecule has 8 nitrogen and oxygen atoms in total. The first-order valence-corrected chi connectivity index (χ1v) is 9.63. The number of rotatable bonds is 5. The number of carbonyl (C=O) groups excluding carboxylic acids is 1. The van der Waals surface area contributed by atoms with Crippen molar-refractivity contribution < 1.29 is 4.79 Å². The first kappa shape index (κ1) is 18.9. The fourth-order valence-electron chi connectivity index (χ4n) is 2.77. The fraction of sp³-hybridized carbons (Fsp3) is 0.100. The summed E-state index contributed by atoms with van der Waals surface area (Å²) < 4.78 is 2.23. The van der Waals surface area contributed by atoms with Crippen LogP contribution in [0.15, 0.2) is 63.9 Å². The zero-order chi connectivity index (χ0) is 20.4. The van der Waals surface area contributed by atoms with Gasteiger partial charge in [0, 0.05) is 34.0 Å². The summed E-state index contributed by atoms with van der Waals surface area (Å²) in [6, 6.07) is 16.1. The largest absolute Gasteiger partial charge is 0.351 e. The van der Waals surface area contributed by atoms with Crippen LogP contribution in [0.5, 0.6) is 0 Å². The minimum Gasteiger partial charge on any atom is -0.351 e. The number of H-pyrrole nitrogens is 1. The summed E-state index contributed by atoms with van der Waals surface area (Å²) in [5, 5.41) is 8.85. The highest BCUT2D eigenvalue weighted by atomic mass is 79.9. The van der Waals surface area contributed by atoms with Crippen LogP contribution in [0.3, 0.4) is 0 Å². The topological polar surface area (TPSA) is 104 Å². The van der Waals surface area contributed by atoms with E-state index in [1.165, 1.54) is 10.6 Å². The molecule has 2 aromatic carbocycles. The monoisotopic (exact) mass is 452 g/mol. The lowest BCUT2D eigenvalue weighted by molar-refractivity contribution is 0.102. The number of amides is 1. The second-order valence-corrected chi connectivity index (χ2v) is 7.37. The van der Waals surface area contributed by atoms with E-state index in [2.05, 4.69) is 41.6 Å². The first-order valence-electron chi connectivity index (χ1n) is 8.84. The van der Waals surface area contributed by atoms with Crippen molar-refractivity contribution in [2.24, 2.45) is 0 Å². The van der Waals surface area contributed by atoms with E-state index in [0.29, 0.717) is 29.5 Å². The van der Waals surface area contributed by atoms with Crippen molar-refractivity contribution in [3.05, 3.63) is 86.2 Å². The number of benzene rings is 2. The minimum absolute atomic E-state index is 0.176. The van der Waals surface area contributed by atoms with E-state index in [-0.39, 0.29) is 11.5 Å². The highest BCUT2D eigenvalue weighted by molar-refractivity contribution is 9.10. The summed E-state index contributed by atoms with van der Waals surface area (Å²) in [7, 11) is 0. The van der Waals surface area contributed by atoms with E-state index in [0.717, 1.165) is 15.7 Å². The number of aromatic amines is 1. The van der Waals surface area contributed by atoms with Crippen LogP contribution in [-0.4, -0.2) is 25.5 Å². The van der Waals surface area contributed by atoms with Gasteiger partial charge < -0.3 is 10.6 Å². The SMILES string of the molecule is Cc1cc(=O)n2[nH]c(NCc3ccc(C(=O)Nc4ccc(Br)cc4)cc3)nc2n1. The second kappa shape index (κ2) is 7.88. The molecule has 0 aliphatic rings. The van der Waals surface area contributed by atoms with Gasteiger partial charge >= 0.3 is 0 Å². The van der Waals surface area contributed by atoms with E-state index in [1.54, 1.807) is 19.1 Å². The van der Waals surface area contributed by atoms with Gasteiger partial charge in [-0.15, -0.1) is 0 Å². The molecule has 0 bridgehead atoms. The van der Waals surface area contributed by atoms with Crippen molar-refractivity contribution in [2.45, 2.75) is 13.5 Å². The molecule has 0 fully saturated rings. The molecule has 9 heteroatoms. The third-order valence-corrected chi connectivity index (χ3v) is 4.77. The third kappa shape index (κ3) is 4.35. The fourth-order valence-corrected chi connectivity index (χ4v) is 3.03. The van der Waals surface area contributed by atoms with Gasteiger partial charge in [0.1, 0.15) is 0 Å². The summed E-state index contributed by atoms with van der Waals surface area (Å²) in [5.41, 5.74) is 2.65. The van der Waals surface area contributed by atoms with Gasteiger partial charge in [0.05, 0.1) is 0 Å². The molecule has 0 aliphatic heterocycles. The highest BCUT2D eigenvalue weighted by Crippen LogP contribution is 2.15. The van der Waals surface area contributed by atoms with Crippen molar-refractivity contribution >= 4 is 39.3 Å². The van der Waals surface area contributed by atoms with Gasteiger partial charge in [0.25, 0.3) is 17.2 Å². The third-order valence-electron chi connectivity index (χ3n) is 4.24. The Morgan fingerprint density at radius 3 is 2.55 bits per heavy atom. The normalized spacial score (nSPS) is 10.8. The van der Waals surface area contributed by atoms with E-state index in [4.69, 9.17) is 0 Å². The Kier molecular flexibility index (Phi) is 5.13. The Balaban J connectivity index is 1.40. The maximum Gasteiger partial charge on any atom is 0.274 e. The molecule has 4 rings (SSSR count). The number of carbonyl (C=O) groups is 1. The lowest BCUT2D eigenvalue weighted by Crippen LogP contribution is -2.14. The Hall–Kier alpha value is -3.46. The predicted molar refractivity (Wildman–Crippen MR) is 114 cm³/mol. The van der Waals surface area contributed by atoms with Gasteiger partial charge in [-0.05, 0) is 48.9 Å². The molecule has 29 heavy (non-hydrogen) atoms. The molecule has 0 radical (unpaired) electrons. The number of aryl methyl sites for hydroxylation is 1. The number of fused-ring (bicyclic) bond motifs is 1. The van der Waals surface area contributed by atoms with Crippen molar-refractivity contribution in [1.82, 2.24) is 19.6 Å². The molecule has 2 aromatic heterocycles. The maximum absolute atomic E-state index is 12.4. The number of nitrogens with zero attached hydrogens (tertiary/aromatic N) is 3. The summed E-state index contributed by atoms with van der Waals surface area (Å²) in [6.07, 6.45) is 0. The van der Waals surface area contributed by atoms with Gasteiger partial charge in [-0.1, -0.05) is 28.1 Å². The summed E-state index contributed by atoms with van der Waals surface area (Å²) in [5.74, 6) is 0.583. The molecule has 4 aromatic rings. The van der Waals surface area contributed by atoms with Gasteiger partial charge in [-0.25, -0.2) is 4.98 Å². The van der Waals surface area contributed by atoms with Gasteiger partial charge in [0.2, 0.25) is 5.95 Å². The Morgan fingerprint density at radius 2 is 1.83 bits per heavy atom. The summed E-state index contributed by atoms with van der Waals surface area (Å²) in [4.78, 5) is 32.8. The molecule has 0 spiro atoms. The molecule has 0 unspecified atom stereocenters. The van der Waals surface area contributed by atoms with Crippen molar-refractivity contribution in [3.8, 4) is 0 Å². The van der Waals surface area contributed by atoms with Gasteiger partial charge in [-0.2, -0.15) is 9.50 Å². The van der Waals surface area contributed by atoms with Gasteiger partial charge in [0.15, 0.2) is 0 Å². The number of anilines is 2. The second-order valence-electron chi connectivity index (χ2n) is 6.45. The van der Waals surface area contributed by atoms with Crippen LogP contribution in [-0.2, 0) is 6.54 Å². The number of nitrogens with one attached hydrogen (secondary N) is 3. The molecule has 0 atom stereocenters. The van der Waals surface area contributed by atoms with Crippen molar-refractivity contribution in [3.63, 3.8) is 0 Å². The van der Waals surface area contributed by atoms with Crippen LogP contribution < -0.4 is 16.2 Å². The number of hydrogen-bond donors (Lipinski definition) is 3. The minimum atomic E-state index is -0.214. The van der Waals surface area contributed by atoms with E-state index in [9.17, 15) is 9.59 Å². The molecule has 2 heterocycles.